The average Bonchev–Trinajstić information content (AvgIpc) is 2.39. The van der Waals surface area contributed by atoms with E-state index in [-0.39, 0.29) is 0 Å². The molecule has 0 radical (unpaired) electrons. The molecule has 1 aromatic carbocycles. The highest BCUT2D eigenvalue weighted by Gasteiger charge is 2.10. The van der Waals surface area contributed by atoms with E-state index in [0.29, 0.717) is 6.42 Å². The van der Waals surface area contributed by atoms with E-state index in [4.69, 9.17) is 4.74 Å². The summed E-state index contributed by atoms with van der Waals surface area (Å²) >= 11 is 0. The quantitative estimate of drug-likeness (QED) is 0.894. The van der Waals surface area contributed by atoms with Crippen molar-refractivity contribution in [1.29, 1.82) is 0 Å². The molecule has 2 rings (SSSR count). The standard InChI is InChI=1S/C14H16N2O2/c1-10-8-15-9-12(16-10)7-14(17)11-3-5-13(18-2)6-4-11/h3-6,8-9,14,17H,7H2,1-2H3. The highest BCUT2D eigenvalue weighted by molar-refractivity contribution is 5.28. The fraction of sp³-hybridized carbons (Fsp3) is 0.286. The van der Waals surface area contributed by atoms with Crippen LogP contribution in [0.1, 0.15) is 23.1 Å². The maximum absolute atomic E-state index is 10.1. The molecule has 94 valence electrons. The van der Waals surface area contributed by atoms with Gasteiger partial charge >= 0.3 is 0 Å². The number of benzene rings is 1. The van der Waals surface area contributed by atoms with E-state index < -0.39 is 6.10 Å². The van der Waals surface area contributed by atoms with E-state index >= 15 is 0 Å². The molecule has 1 aromatic heterocycles. The first-order valence-electron chi connectivity index (χ1n) is 5.78. The van der Waals surface area contributed by atoms with Gasteiger partial charge < -0.3 is 9.84 Å². The number of ether oxygens (including phenoxy) is 1. The fourth-order valence-corrected chi connectivity index (χ4v) is 1.76. The third-order valence-corrected chi connectivity index (χ3v) is 2.71. The minimum atomic E-state index is -0.577. The number of rotatable bonds is 4. The van der Waals surface area contributed by atoms with Gasteiger partial charge in [0.2, 0.25) is 0 Å². The van der Waals surface area contributed by atoms with Gasteiger partial charge in [-0.2, -0.15) is 0 Å². The Morgan fingerprint density at radius 1 is 1.22 bits per heavy atom. The van der Waals surface area contributed by atoms with E-state index in [0.717, 1.165) is 22.7 Å². The summed E-state index contributed by atoms with van der Waals surface area (Å²) in [5.41, 5.74) is 2.49. The van der Waals surface area contributed by atoms with Crippen LogP contribution in [0.4, 0.5) is 0 Å². The van der Waals surface area contributed by atoms with Crippen LogP contribution in [0, 0.1) is 6.92 Å². The molecule has 0 aliphatic carbocycles. The van der Waals surface area contributed by atoms with Crippen LogP contribution < -0.4 is 4.74 Å². The van der Waals surface area contributed by atoms with Crippen LogP contribution in [0.3, 0.4) is 0 Å². The molecule has 0 aliphatic heterocycles. The molecule has 0 fully saturated rings. The van der Waals surface area contributed by atoms with Crippen LogP contribution in [0.15, 0.2) is 36.7 Å². The van der Waals surface area contributed by atoms with E-state index in [2.05, 4.69) is 9.97 Å². The summed E-state index contributed by atoms with van der Waals surface area (Å²) in [7, 11) is 1.62. The second-order valence-electron chi connectivity index (χ2n) is 4.14. The van der Waals surface area contributed by atoms with Crippen molar-refractivity contribution in [2.24, 2.45) is 0 Å². The van der Waals surface area contributed by atoms with Crippen LogP contribution in [0.5, 0.6) is 5.75 Å². The third-order valence-electron chi connectivity index (χ3n) is 2.71. The van der Waals surface area contributed by atoms with Gasteiger partial charge in [-0.25, -0.2) is 0 Å². The van der Waals surface area contributed by atoms with Crippen LogP contribution in [0.25, 0.3) is 0 Å². The molecule has 1 N–H and O–H groups in total. The lowest BCUT2D eigenvalue weighted by Gasteiger charge is -2.11. The molecule has 1 atom stereocenters. The minimum absolute atomic E-state index is 0.459. The van der Waals surface area contributed by atoms with Gasteiger partial charge in [0.1, 0.15) is 5.75 Å². The van der Waals surface area contributed by atoms with Crippen molar-refractivity contribution >= 4 is 0 Å². The molecule has 0 saturated carbocycles. The second kappa shape index (κ2) is 5.60. The normalized spacial score (nSPS) is 12.2. The molecule has 4 nitrogen and oxygen atoms in total. The van der Waals surface area contributed by atoms with Crippen molar-refractivity contribution in [2.75, 3.05) is 7.11 Å². The minimum Gasteiger partial charge on any atom is -0.497 e. The molecule has 0 aliphatic rings. The Morgan fingerprint density at radius 2 is 1.94 bits per heavy atom. The largest absolute Gasteiger partial charge is 0.497 e. The molecule has 1 unspecified atom stereocenters. The maximum atomic E-state index is 10.1. The number of aromatic nitrogens is 2. The Kier molecular flexibility index (Phi) is 3.89. The van der Waals surface area contributed by atoms with Gasteiger partial charge in [-0.15, -0.1) is 0 Å². The van der Waals surface area contributed by atoms with Crippen molar-refractivity contribution in [1.82, 2.24) is 9.97 Å². The Morgan fingerprint density at radius 3 is 2.56 bits per heavy atom. The Labute approximate surface area is 106 Å². The number of methoxy groups -OCH3 is 1. The Balaban J connectivity index is 2.09. The SMILES string of the molecule is COc1ccc(C(O)Cc2cncc(C)n2)cc1. The zero-order valence-electron chi connectivity index (χ0n) is 10.5. The summed E-state index contributed by atoms with van der Waals surface area (Å²) in [6.45, 7) is 1.89. The van der Waals surface area contributed by atoms with Gasteiger partial charge in [0.25, 0.3) is 0 Å². The van der Waals surface area contributed by atoms with Gasteiger partial charge in [-0.3, -0.25) is 9.97 Å². The lowest BCUT2D eigenvalue weighted by Crippen LogP contribution is -2.04. The van der Waals surface area contributed by atoms with Crippen molar-refractivity contribution in [3.63, 3.8) is 0 Å². The predicted octanol–water partition coefficient (Wildman–Crippen LogP) is 2.07. The van der Waals surface area contributed by atoms with Gasteiger partial charge in [-0.1, -0.05) is 12.1 Å². The van der Waals surface area contributed by atoms with E-state index in [1.165, 1.54) is 0 Å². The lowest BCUT2D eigenvalue weighted by molar-refractivity contribution is 0.177. The van der Waals surface area contributed by atoms with Crippen LogP contribution in [-0.4, -0.2) is 22.2 Å². The van der Waals surface area contributed by atoms with Crippen LogP contribution in [0.2, 0.25) is 0 Å². The lowest BCUT2D eigenvalue weighted by atomic mass is 10.1. The van der Waals surface area contributed by atoms with Crippen molar-refractivity contribution in [3.05, 3.63) is 53.6 Å². The molecule has 2 aromatic rings. The molecule has 18 heavy (non-hydrogen) atoms. The molecule has 4 heteroatoms. The molecular formula is C14H16N2O2. The number of aryl methyl sites for hydroxylation is 1. The van der Waals surface area contributed by atoms with E-state index in [9.17, 15) is 5.11 Å². The summed E-state index contributed by atoms with van der Waals surface area (Å²) in [5.74, 6) is 0.779. The van der Waals surface area contributed by atoms with Crippen LogP contribution in [-0.2, 0) is 6.42 Å². The fourth-order valence-electron chi connectivity index (χ4n) is 1.76. The molecule has 0 spiro atoms. The summed E-state index contributed by atoms with van der Waals surface area (Å²) < 4.78 is 5.08. The molecular weight excluding hydrogens is 228 g/mol. The average molecular weight is 244 g/mol. The molecule has 0 saturated heterocycles. The monoisotopic (exact) mass is 244 g/mol. The Hall–Kier alpha value is -1.94. The van der Waals surface area contributed by atoms with Gasteiger partial charge in [0.05, 0.1) is 24.6 Å². The molecule has 1 heterocycles. The number of hydrogen-bond donors (Lipinski definition) is 1. The van der Waals surface area contributed by atoms with E-state index in [1.807, 2.05) is 31.2 Å². The smallest absolute Gasteiger partial charge is 0.118 e. The van der Waals surface area contributed by atoms with Gasteiger partial charge in [0, 0.05) is 18.8 Å². The number of aliphatic hydroxyl groups excluding tert-OH is 1. The zero-order valence-corrected chi connectivity index (χ0v) is 10.5. The second-order valence-corrected chi connectivity index (χ2v) is 4.14. The summed E-state index contributed by atoms with van der Waals surface area (Å²) in [6.07, 6.45) is 3.26. The highest BCUT2D eigenvalue weighted by atomic mass is 16.5. The summed E-state index contributed by atoms with van der Waals surface area (Å²) in [5, 5.41) is 10.1. The highest BCUT2D eigenvalue weighted by Crippen LogP contribution is 2.20. The zero-order chi connectivity index (χ0) is 13.0. The van der Waals surface area contributed by atoms with Gasteiger partial charge in [-0.05, 0) is 24.6 Å². The summed E-state index contributed by atoms with van der Waals surface area (Å²) in [6, 6.07) is 7.38. The topological polar surface area (TPSA) is 55.2 Å². The summed E-state index contributed by atoms with van der Waals surface area (Å²) in [4.78, 5) is 8.39. The first-order valence-corrected chi connectivity index (χ1v) is 5.78. The maximum Gasteiger partial charge on any atom is 0.118 e. The molecule has 0 bridgehead atoms. The van der Waals surface area contributed by atoms with Gasteiger partial charge in [0.15, 0.2) is 0 Å². The number of aliphatic hydroxyl groups is 1. The van der Waals surface area contributed by atoms with Crippen molar-refractivity contribution < 1.29 is 9.84 Å². The van der Waals surface area contributed by atoms with Crippen molar-refractivity contribution in [3.8, 4) is 5.75 Å². The molecule has 0 amide bonds. The third kappa shape index (κ3) is 3.05. The first-order chi connectivity index (χ1) is 8.69. The Bertz CT molecular complexity index is 511. The first kappa shape index (κ1) is 12.5. The number of hydrogen-bond acceptors (Lipinski definition) is 4. The number of nitrogens with zero attached hydrogens (tertiary/aromatic N) is 2. The van der Waals surface area contributed by atoms with Crippen LogP contribution >= 0.6 is 0 Å². The van der Waals surface area contributed by atoms with E-state index in [1.54, 1.807) is 19.5 Å². The van der Waals surface area contributed by atoms with Crippen molar-refractivity contribution in [2.45, 2.75) is 19.4 Å². The predicted molar refractivity (Wildman–Crippen MR) is 68.4 cm³/mol.